The third-order valence-electron chi connectivity index (χ3n) is 7.06. The standard InChI is InChI=1S/C11H9BrClF3O2.C9H4ClF3N2O.C9H6ClF3O2.C8H4ClF3O2/c1-2-18-10(17)9(12)7-5-6(11(14,15)16)3-4-8(7)13;10-7-2-1-5(9(11,12)13)3-6(7)8(16)4-15-14;10-7-2-1-6(9(11,12)13)3-5(7)4-8(14)15;9-6-2-1-4(8(10,11)12)3-5(6)7(13)14/h3-5,9H,2H2,1H3;1-4H;1-3H,4H2,(H,14,15);1-3H,(H,13,14). The third kappa shape index (κ3) is 18.4. The second kappa shape index (κ2) is 23.7. The lowest BCUT2D eigenvalue weighted by Crippen LogP contribution is -2.13. The Morgan fingerprint density at radius 2 is 1.03 bits per heavy atom. The first-order valence-corrected chi connectivity index (χ1v) is 18.6. The van der Waals surface area contributed by atoms with Crippen LogP contribution in [0.5, 0.6) is 0 Å². The van der Waals surface area contributed by atoms with Crippen molar-refractivity contribution in [1.82, 2.24) is 0 Å². The van der Waals surface area contributed by atoms with E-state index in [0.29, 0.717) is 18.3 Å². The number of benzene rings is 4. The van der Waals surface area contributed by atoms with Crippen molar-refractivity contribution < 1.29 is 91.6 Å². The number of esters is 1. The van der Waals surface area contributed by atoms with Crippen LogP contribution < -0.4 is 0 Å². The van der Waals surface area contributed by atoms with Crippen molar-refractivity contribution in [2.45, 2.75) is 42.9 Å². The smallest absolute Gasteiger partial charge is 0.416 e. The molecule has 0 amide bonds. The molecule has 0 fully saturated rings. The van der Waals surface area contributed by atoms with E-state index < -0.39 is 87.5 Å². The van der Waals surface area contributed by atoms with Gasteiger partial charge in [0, 0.05) is 15.6 Å². The van der Waals surface area contributed by atoms with Crippen molar-refractivity contribution in [3.8, 4) is 0 Å². The molecule has 0 radical (unpaired) electrons. The zero-order chi connectivity index (χ0) is 48.8. The number of nitrogens with zero attached hydrogens (tertiary/aromatic N) is 2. The maximum absolute atomic E-state index is 12.5. The van der Waals surface area contributed by atoms with Gasteiger partial charge in [0.15, 0.2) is 0 Å². The zero-order valence-corrected chi connectivity index (χ0v) is 35.4. The Bertz CT molecular complexity index is 2340. The van der Waals surface area contributed by atoms with Gasteiger partial charge >= 0.3 is 48.8 Å². The highest BCUT2D eigenvalue weighted by atomic mass is 79.9. The van der Waals surface area contributed by atoms with Gasteiger partial charge in [-0.3, -0.25) is 14.4 Å². The summed E-state index contributed by atoms with van der Waals surface area (Å²) in [4.78, 5) is 44.8. The van der Waals surface area contributed by atoms with Crippen molar-refractivity contribution in [2.24, 2.45) is 0 Å². The minimum atomic E-state index is -4.56. The summed E-state index contributed by atoms with van der Waals surface area (Å²) in [6.45, 7) is 1.74. The van der Waals surface area contributed by atoms with Gasteiger partial charge in [0.05, 0.1) is 50.9 Å². The highest BCUT2D eigenvalue weighted by Gasteiger charge is 2.34. The topological polar surface area (TPSA) is 154 Å². The lowest BCUT2D eigenvalue weighted by Gasteiger charge is -2.14. The molecule has 63 heavy (non-hydrogen) atoms. The monoisotopic (exact) mass is 1050 g/mol. The molecule has 0 heterocycles. The lowest BCUT2D eigenvalue weighted by molar-refractivity contribution is -0.143. The van der Waals surface area contributed by atoms with Gasteiger partial charge in [-0.05, 0) is 90.8 Å². The lowest BCUT2D eigenvalue weighted by atomic mass is 10.1. The maximum Gasteiger partial charge on any atom is 0.416 e. The van der Waals surface area contributed by atoms with E-state index in [0.717, 1.165) is 60.7 Å². The molecule has 4 aromatic rings. The van der Waals surface area contributed by atoms with Crippen molar-refractivity contribution in [2.75, 3.05) is 6.61 Å². The van der Waals surface area contributed by atoms with Crippen LogP contribution in [-0.2, 0) is 45.5 Å². The van der Waals surface area contributed by atoms with E-state index in [1.165, 1.54) is 0 Å². The molecule has 1 unspecified atom stereocenters. The Balaban J connectivity index is 0.000000422. The highest BCUT2D eigenvalue weighted by Crippen LogP contribution is 2.37. The van der Waals surface area contributed by atoms with E-state index in [9.17, 15) is 71.9 Å². The van der Waals surface area contributed by atoms with Gasteiger partial charge in [0.2, 0.25) is 0 Å². The van der Waals surface area contributed by atoms with Crippen molar-refractivity contribution >= 4 is 92.2 Å². The molecule has 2 N–H and O–H groups in total. The number of rotatable bonds is 8. The molecule has 0 saturated heterocycles. The van der Waals surface area contributed by atoms with Crippen LogP contribution in [0.1, 0.15) is 65.8 Å². The molecular formula is C37H23BrCl4F12N2O7. The van der Waals surface area contributed by atoms with Crippen LogP contribution in [0.25, 0.3) is 5.53 Å². The first-order chi connectivity index (χ1) is 28.8. The number of alkyl halides is 13. The molecule has 0 spiro atoms. The van der Waals surface area contributed by atoms with Crippen LogP contribution in [0.15, 0.2) is 72.8 Å². The summed E-state index contributed by atoms with van der Waals surface area (Å²) in [5.74, 6) is -4.30. The first-order valence-electron chi connectivity index (χ1n) is 16.2. The minimum Gasteiger partial charge on any atom is -0.481 e. The van der Waals surface area contributed by atoms with Gasteiger partial charge < -0.3 is 20.5 Å². The molecule has 0 aliphatic rings. The fourth-order valence-corrected chi connectivity index (χ4v) is 5.65. The summed E-state index contributed by atoms with van der Waals surface area (Å²) in [6, 6.07) is 9.87. The number of hydrogen-bond donors (Lipinski definition) is 2. The van der Waals surface area contributed by atoms with Gasteiger partial charge in [-0.2, -0.15) is 57.5 Å². The second-order valence-corrected chi connectivity index (χ2v) is 14.1. The quantitative estimate of drug-likeness (QED) is 0.0339. The van der Waals surface area contributed by atoms with Gasteiger partial charge in [0.1, 0.15) is 4.83 Å². The van der Waals surface area contributed by atoms with Crippen LogP contribution in [0, 0.1) is 0 Å². The molecule has 4 rings (SSSR count). The fraction of sp³-hybridized carbons (Fsp3) is 0.216. The summed E-state index contributed by atoms with van der Waals surface area (Å²) >= 11 is 25.3. The predicted molar refractivity (Wildman–Crippen MR) is 206 cm³/mol. The SMILES string of the molecule is CCOC(=O)C(Br)c1cc(C(F)(F)F)ccc1Cl.O=C(O)Cc1cc(C(F)(F)F)ccc1Cl.O=C(O)c1cc(C(F)(F)F)ccc1Cl.[N-]=[N+]=CC(=O)c1cc(C(F)(F)F)ccc1Cl. The normalized spacial score (nSPS) is 11.8. The number of ether oxygens (including phenoxy) is 1. The van der Waals surface area contributed by atoms with E-state index in [4.69, 9.17) is 66.9 Å². The number of Topliss-reactive ketones (excluding diaryl/α,β-unsaturated/α-hetero) is 1. The third-order valence-corrected chi connectivity index (χ3v) is 9.30. The van der Waals surface area contributed by atoms with Crippen LogP contribution >= 0.6 is 62.3 Å². The molecule has 0 aliphatic heterocycles. The van der Waals surface area contributed by atoms with Crippen molar-refractivity contribution in [1.29, 1.82) is 0 Å². The van der Waals surface area contributed by atoms with Gasteiger partial charge in [-0.1, -0.05) is 62.3 Å². The van der Waals surface area contributed by atoms with E-state index in [1.54, 1.807) is 6.92 Å². The molecule has 4 aromatic carbocycles. The number of carboxylic acid groups (broad SMARTS) is 2. The maximum atomic E-state index is 12.5. The first kappa shape index (κ1) is 56.2. The molecule has 0 bridgehead atoms. The fourth-order valence-electron chi connectivity index (χ4n) is 4.18. The second-order valence-electron chi connectivity index (χ2n) is 11.5. The minimum absolute atomic E-state index is 0.0189. The van der Waals surface area contributed by atoms with E-state index in [1.807, 2.05) is 0 Å². The Labute approximate surface area is 374 Å². The Hall–Kier alpha value is -4.86. The molecule has 9 nitrogen and oxygen atoms in total. The summed E-state index contributed by atoms with van der Waals surface area (Å²) in [5.41, 5.74) is 3.38. The number of ketones is 1. The van der Waals surface area contributed by atoms with Crippen LogP contribution in [-0.4, -0.2) is 51.5 Å². The van der Waals surface area contributed by atoms with Crippen LogP contribution in [0.2, 0.25) is 20.1 Å². The molecule has 342 valence electrons. The van der Waals surface area contributed by atoms with Gasteiger partial charge in [-0.25, -0.2) is 4.79 Å². The average molecular weight is 1060 g/mol. The number of aromatic carboxylic acids is 1. The number of carbonyl (C=O) groups excluding carboxylic acids is 2. The highest BCUT2D eigenvalue weighted by molar-refractivity contribution is 9.09. The largest absolute Gasteiger partial charge is 0.481 e. The number of hydrogen-bond acceptors (Lipinski definition) is 5. The number of aliphatic carboxylic acids is 1. The predicted octanol–water partition coefficient (Wildman–Crippen LogP) is 13.2. The van der Waals surface area contributed by atoms with Crippen molar-refractivity contribution in [3.63, 3.8) is 0 Å². The van der Waals surface area contributed by atoms with Gasteiger partial charge in [-0.15, -0.1) is 0 Å². The number of halogens is 17. The molecular weight excluding hydrogens is 1030 g/mol. The zero-order valence-electron chi connectivity index (χ0n) is 30.8. The molecule has 0 aromatic heterocycles. The summed E-state index contributed by atoms with van der Waals surface area (Å²) in [5, 5.41) is 16.7. The Kier molecular flexibility index (Phi) is 21.1. The Morgan fingerprint density at radius 1 is 0.651 bits per heavy atom. The Morgan fingerprint density at radius 3 is 1.43 bits per heavy atom. The average Bonchev–Trinajstić information content (AvgIpc) is 3.15. The number of carbonyl (C=O) groups is 4. The van der Waals surface area contributed by atoms with Crippen molar-refractivity contribution in [3.05, 3.63) is 143 Å². The van der Waals surface area contributed by atoms with Gasteiger partial charge in [0.25, 0.3) is 5.78 Å². The molecule has 0 aliphatic carbocycles. The summed E-state index contributed by atoms with van der Waals surface area (Å²) in [7, 11) is 0. The van der Waals surface area contributed by atoms with E-state index in [-0.39, 0.29) is 43.4 Å². The number of carboxylic acids is 2. The van der Waals surface area contributed by atoms with Crippen LogP contribution in [0.3, 0.4) is 0 Å². The van der Waals surface area contributed by atoms with E-state index in [2.05, 4.69) is 20.7 Å². The molecule has 1 atom stereocenters. The van der Waals surface area contributed by atoms with E-state index >= 15 is 0 Å². The summed E-state index contributed by atoms with van der Waals surface area (Å²) < 4.78 is 152. The molecule has 0 saturated carbocycles. The van der Waals surface area contributed by atoms with Crippen LogP contribution in [0.4, 0.5) is 52.7 Å². The molecule has 26 heteroatoms. The summed E-state index contributed by atoms with van der Waals surface area (Å²) in [6.07, 6.45) is -18.1.